The number of benzene rings is 3. The van der Waals surface area contributed by atoms with Crippen molar-refractivity contribution in [1.29, 1.82) is 0 Å². The zero-order valence-corrected chi connectivity index (χ0v) is 28.6. The zero-order valence-electron chi connectivity index (χ0n) is 27.6. The fraction of sp³-hybridized carbons (Fsp3) is 0.405. The van der Waals surface area contributed by atoms with Gasteiger partial charge in [0.15, 0.2) is 5.60 Å². The fourth-order valence-corrected chi connectivity index (χ4v) is 10.7. The maximum absolute atomic E-state index is 16.5. The monoisotopic (exact) mass is 667 g/mol. The summed E-state index contributed by atoms with van der Waals surface area (Å²) < 4.78 is 25.2. The Bertz CT molecular complexity index is 1800. The van der Waals surface area contributed by atoms with Crippen molar-refractivity contribution in [2.75, 3.05) is 23.0 Å². The molecule has 4 aromatic rings. The Morgan fingerprint density at radius 3 is 2.44 bits per heavy atom. The molecule has 11 heteroatoms. The summed E-state index contributed by atoms with van der Waals surface area (Å²) in [6.45, 7) is 6.26. The van der Waals surface area contributed by atoms with Gasteiger partial charge in [0.2, 0.25) is 14.3 Å². The van der Waals surface area contributed by atoms with Crippen molar-refractivity contribution < 1.29 is 23.5 Å². The Balaban J connectivity index is 1.24. The van der Waals surface area contributed by atoms with Crippen LogP contribution in [0.4, 0.5) is 21.2 Å². The molecule has 3 aliphatic heterocycles. The van der Waals surface area contributed by atoms with Crippen LogP contribution in [0.3, 0.4) is 0 Å². The Hall–Kier alpha value is -4.19. The second-order valence-corrected chi connectivity index (χ2v) is 17.6. The molecular formula is C37H42FN5O4Si. The first kappa shape index (κ1) is 32.4. The number of rotatable bonds is 9. The zero-order chi connectivity index (χ0) is 33.6. The standard InChI is InChI=1S/C37H42FN5O4Si/c1-25-35(48(2,3)38)33(19-21-41-23-31(39-40-41)29(24-44)26-12-6-4-7-13-26)47-37(25)30-22-28(42-20-11-10-16-34(42)45)17-18-32(30)43(36(37)46)27-14-8-5-9-15-27/h4-9,12-15,17-18,22-23,25,29,33,35,44H,10-11,16,19-21,24H2,1-3H3/t25-,29?,33+,35-,37+/m0/s1. The number of hydrogen-bond acceptors (Lipinski definition) is 6. The van der Waals surface area contributed by atoms with Gasteiger partial charge in [-0.2, -0.15) is 0 Å². The molecule has 5 atom stereocenters. The van der Waals surface area contributed by atoms with E-state index < -0.39 is 31.6 Å². The van der Waals surface area contributed by atoms with Crippen LogP contribution in [0.2, 0.25) is 18.6 Å². The fourth-order valence-electron chi connectivity index (χ4n) is 8.21. The van der Waals surface area contributed by atoms with Gasteiger partial charge in [-0.05, 0) is 68.3 Å². The lowest BCUT2D eigenvalue weighted by Crippen LogP contribution is -2.44. The molecule has 3 aliphatic rings. The highest BCUT2D eigenvalue weighted by Gasteiger charge is 2.67. The van der Waals surface area contributed by atoms with E-state index in [1.54, 1.807) is 27.6 Å². The summed E-state index contributed by atoms with van der Waals surface area (Å²) >= 11 is 0. The number of aromatic nitrogens is 3. The molecule has 0 bridgehead atoms. The van der Waals surface area contributed by atoms with E-state index in [-0.39, 0.29) is 24.3 Å². The number of aliphatic hydroxyl groups is 1. The van der Waals surface area contributed by atoms with Crippen molar-refractivity contribution in [3.8, 4) is 0 Å². The maximum Gasteiger partial charge on any atom is 0.268 e. The maximum atomic E-state index is 16.5. The molecule has 0 radical (unpaired) electrons. The van der Waals surface area contributed by atoms with Gasteiger partial charge in [-0.15, -0.1) is 5.10 Å². The van der Waals surface area contributed by atoms with Crippen LogP contribution in [0.15, 0.2) is 85.1 Å². The van der Waals surface area contributed by atoms with Crippen LogP contribution in [-0.2, 0) is 26.5 Å². The van der Waals surface area contributed by atoms with Crippen molar-refractivity contribution in [3.63, 3.8) is 0 Å². The second kappa shape index (κ2) is 12.7. The number of carbonyl (C=O) groups excluding carboxylic acids is 2. The molecule has 250 valence electrons. The third-order valence-electron chi connectivity index (χ3n) is 10.4. The molecule has 1 spiro atoms. The van der Waals surface area contributed by atoms with Crippen molar-refractivity contribution in [3.05, 3.63) is 102 Å². The third kappa shape index (κ3) is 5.47. The number of carbonyl (C=O) groups is 2. The number of aryl methyl sites for hydroxylation is 1. The average molecular weight is 668 g/mol. The lowest BCUT2D eigenvalue weighted by molar-refractivity contribution is -0.145. The topological polar surface area (TPSA) is 101 Å². The first-order chi connectivity index (χ1) is 23.1. The Morgan fingerprint density at radius 2 is 1.75 bits per heavy atom. The van der Waals surface area contributed by atoms with E-state index in [1.165, 1.54) is 0 Å². The van der Waals surface area contributed by atoms with Crippen LogP contribution in [-0.4, -0.2) is 59.6 Å². The first-order valence-corrected chi connectivity index (χ1v) is 19.9. The molecule has 48 heavy (non-hydrogen) atoms. The number of amides is 2. The summed E-state index contributed by atoms with van der Waals surface area (Å²) in [6, 6.07) is 24.9. The number of anilines is 3. The summed E-state index contributed by atoms with van der Waals surface area (Å²) in [5.74, 6) is -0.949. The highest BCUT2D eigenvalue weighted by Crippen LogP contribution is 2.61. The highest BCUT2D eigenvalue weighted by molar-refractivity contribution is 6.72. The van der Waals surface area contributed by atoms with E-state index >= 15 is 4.11 Å². The number of fused-ring (bicyclic) bond motifs is 2. The molecule has 2 fully saturated rings. The third-order valence-corrected chi connectivity index (χ3v) is 12.9. The summed E-state index contributed by atoms with van der Waals surface area (Å²) in [7, 11) is -3.39. The van der Waals surface area contributed by atoms with Gasteiger partial charge in [0, 0.05) is 54.1 Å². The molecule has 1 aromatic heterocycles. The lowest BCUT2D eigenvalue weighted by atomic mass is 9.82. The Morgan fingerprint density at radius 1 is 1.02 bits per heavy atom. The van der Waals surface area contributed by atoms with Crippen molar-refractivity contribution in [2.24, 2.45) is 5.92 Å². The van der Waals surface area contributed by atoms with Crippen LogP contribution in [0.1, 0.15) is 55.3 Å². The van der Waals surface area contributed by atoms with Crippen LogP contribution in [0.25, 0.3) is 0 Å². The van der Waals surface area contributed by atoms with Gasteiger partial charge in [-0.25, -0.2) is 0 Å². The summed E-state index contributed by atoms with van der Waals surface area (Å²) in [4.78, 5) is 31.3. The number of para-hydroxylation sites is 1. The van der Waals surface area contributed by atoms with Crippen LogP contribution in [0, 0.1) is 5.92 Å². The molecule has 1 unspecified atom stereocenters. The van der Waals surface area contributed by atoms with Crippen LogP contribution < -0.4 is 9.80 Å². The Labute approximate surface area is 281 Å². The number of piperidine rings is 1. The summed E-state index contributed by atoms with van der Waals surface area (Å²) in [5, 5.41) is 18.9. The predicted molar refractivity (Wildman–Crippen MR) is 184 cm³/mol. The number of aliphatic hydroxyl groups excluding tert-OH is 1. The van der Waals surface area contributed by atoms with Gasteiger partial charge >= 0.3 is 0 Å². The van der Waals surface area contributed by atoms with Gasteiger partial charge in [0.25, 0.3) is 5.91 Å². The van der Waals surface area contributed by atoms with E-state index in [4.69, 9.17) is 4.74 Å². The summed E-state index contributed by atoms with van der Waals surface area (Å²) in [5.41, 5.74) is 2.51. The lowest BCUT2D eigenvalue weighted by Gasteiger charge is -2.32. The molecule has 2 amide bonds. The molecule has 1 N–H and O–H groups in total. The van der Waals surface area contributed by atoms with Crippen molar-refractivity contribution in [2.45, 2.75) is 75.4 Å². The van der Waals surface area contributed by atoms with Gasteiger partial charge in [0.05, 0.1) is 30.0 Å². The number of halogens is 1. The van der Waals surface area contributed by atoms with E-state index in [0.29, 0.717) is 48.6 Å². The second-order valence-electron chi connectivity index (χ2n) is 13.8. The smallest absolute Gasteiger partial charge is 0.268 e. The largest absolute Gasteiger partial charge is 0.395 e. The van der Waals surface area contributed by atoms with E-state index in [2.05, 4.69) is 10.3 Å². The molecule has 9 nitrogen and oxygen atoms in total. The predicted octanol–water partition coefficient (Wildman–Crippen LogP) is 6.46. The number of ether oxygens (including phenoxy) is 1. The average Bonchev–Trinajstić information content (AvgIpc) is 3.74. The van der Waals surface area contributed by atoms with Crippen molar-refractivity contribution in [1.82, 2.24) is 15.0 Å². The van der Waals surface area contributed by atoms with E-state index in [1.807, 2.05) is 92.0 Å². The molecule has 4 heterocycles. The van der Waals surface area contributed by atoms with Crippen LogP contribution in [0.5, 0.6) is 0 Å². The van der Waals surface area contributed by atoms with Gasteiger partial charge in [0.1, 0.15) is 0 Å². The minimum Gasteiger partial charge on any atom is -0.395 e. The number of hydrogen-bond donors (Lipinski definition) is 1. The summed E-state index contributed by atoms with van der Waals surface area (Å²) in [6.07, 6.45) is 3.96. The minimum atomic E-state index is -3.39. The van der Waals surface area contributed by atoms with E-state index in [0.717, 1.165) is 24.1 Å². The van der Waals surface area contributed by atoms with Gasteiger partial charge in [-0.3, -0.25) is 19.2 Å². The van der Waals surface area contributed by atoms with Gasteiger partial charge in [-0.1, -0.05) is 60.7 Å². The molecule has 0 aliphatic carbocycles. The minimum absolute atomic E-state index is 0.0656. The quantitative estimate of drug-likeness (QED) is 0.162. The molecule has 2 saturated heterocycles. The molecule has 0 saturated carbocycles. The number of nitrogens with zero attached hydrogens (tertiary/aromatic N) is 5. The van der Waals surface area contributed by atoms with Crippen LogP contribution >= 0.6 is 0 Å². The Kier molecular flexibility index (Phi) is 8.55. The van der Waals surface area contributed by atoms with Crippen molar-refractivity contribution >= 4 is 37.3 Å². The molecular weight excluding hydrogens is 626 g/mol. The highest BCUT2D eigenvalue weighted by atomic mass is 28.4. The molecule has 3 aromatic carbocycles. The van der Waals surface area contributed by atoms with E-state index in [9.17, 15) is 14.7 Å². The SMILES string of the molecule is C[C@H]1[C@H]([Si](C)(C)F)[C@@H](CCn2cc(C(CO)c3ccccc3)nn2)O[C@]12C(=O)N(c1ccccc1)c1ccc(N3CCCCC3=O)cc12. The molecule has 7 rings (SSSR count). The normalized spacial score (nSPS) is 24.8. The first-order valence-electron chi connectivity index (χ1n) is 16.9. The van der Waals surface area contributed by atoms with Gasteiger partial charge < -0.3 is 18.9 Å².